The fraction of sp³-hybridized carbons (Fsp3) is 0.417. The number of anilines is 1. The molecule has 31 heavy (non-hydrogen) atoms. The van der Waals surface area contributed by atoms with Crippen molar-refractivity contribution < 1.29 is 9.18 Å². The first-order chi connectivity index (χ1) is 14.9. The molecule has 6 nitrogen and oxygen atoms in total. The van der Waals surface area contributed by atoms with Gasteiger partial charge in [-0.3, -0.25) is 4.79 Å². The molecule has 0 aliphatic carbocycles. The zero-order valence-electron chi connectivity index (χ0n) is 18.4. The van der Waals surface area contributed by atoms with Gasteiger partial charge in [0.05, 0.1) is 29.3 Å². The molecule has 1 amide bonds. The summed E-state index contributed by atoms with van der Waals surface area (Å²) in [6.07, 6.45) is 7.48. The Labute approximate surface area is 182 Å². The molecule has 1 aliphatic heterocycles. The molecule has 3 heterocycles. The highest BCUT2D eigenvalue weighted by atomic mass is 19.1. The molecule has 2 aromatic heterocycles. The lowest BCUT2D eigenvalue weighted by atomic mass is 9.97. The third-order valence-electron chi connectivity index (χ3n) is 6.14. The van der Waals surface area contributed by atoms with Crippen molar-refractivity contribution in [2.45, 2.75) is 45.7 Å². The van der Waals surface area contributed by atoms with Crippen molar-refractivity contribution in [2.24, 2.45) is 5.73 Å². The van der Waals surface area contributed by atoms with E-state index in [1.807, 2.05) is 25.2 Å². The predicted molar refractivity (Wildman–Crippen MR) is 122 cm³/mol. The summed E-state index contributed by atoms with van der Waals surface area (Å²) < 4.78 is 16.2. The van der Waals surface area contributed by atoms with Gasteiger partial charge >= 0.3 is 0 Å². The molecule has 0 spiro atoms. The van der Waals surface area contributed by atoms with Crippen LogP contribution in [0.2, 0.25) is 0 Å². The van der Waals surface area contributed by atoms with E-state index < -0.39 is 5.82 Å². The van der Waals surface area contributed by atoms with Gasteiger partial charge in [-0.15, -0.1) is 0 Å². The number of carbonyl (C=O) groups excluding carboxylic acids is 1. The number of benzene rings is 1. The minimum atomic E-state index is -0.419. The second-order valence-corrected chi connectivity index (χ2v) is 8.50. The van der Waals surface area contributed by atoms with Crippen LogP contribution in [0.5, 0.6) is 0 Å². The van der Waals surface area contributed by atoms with Crippen molar-refractivity contribution in [2.75, 3.05) is 24.5 Å². The normalized spacial score (nSPS) is 15.1. The van der Waals surface area contributed by atoms with Crippen LogP contribution >= 0.6 is 0 Å². The van der Waals surface area contributed by atoms with Crippen molar-refractivity contribution in [3.8, 4) is 11.1 Å². The van der Waals surface area contributed by atoms with E-state index in [4.69, 9.17) is 5.73 Å². The SMILES string of the molecule is CCN(C(=O)c1cc(F)ccc1-c1cc(N2CCC(N)CC2)cn2cncc12)C(C)C. The van der Waals surface area contributed by atoms with E-state index in [1.54, 1.807) is 23.5 Å². The summed E-state index contributed by atoms with van der Waals surface area (Å²) in [6.45, 7) is 8.20. The Bertz CT molecular complexity index is 1080. The first kappa shape index (κ1) is 21.3. The molecular weight excluding hydrogens is 393 g/mol. The number of halogens is 1. The molecule has 0 unspecified atom stereocenters. The third kappa shape index (κ3) is 4.14. The van der Waals surface area contributed by atoms with Crippen molar-refractivity contribution in [1.29, 1.82) is 0 Å². The summed E-state index contributed by atoms with van der Waals surface area (Å²) in [4.78, 5) is 21.7. The number of amides is 1. The maximum atomic E-state index is 14.2. The van der Waals surface area contributed by atoms with Gasteiger partial charge in [-0.25, -0.2) is 9.37 Å². The number of carbonyl (C=O) groups is 1. The minimum absolute atomic E-state index is 0.0208. The molecule has 3 aromatic rings. The molecule has 1 aromatic carbocycles. The van der Waals surface area contributed by atoms with Crippen LogP contribution in [0.4, 0.5) is 10.1 Å². The van der Waals surface area contributed by atoms with Crippen molar-refractivity contribution in [3.63, 3.8) is 0 Å². The van der Waals surface area contributed by atoms with E-state index in [2.05, 4.69) is 22.1 Å². The standard InChI is InChI=1S/C24H30FN5O/c1-4-30(16(2)3)24(31)22-11-17(25)5-6-20(22)21-12-19(14-29-15-27-13-23(21)29)28-9-7-18(26)8-10-28/h5-6,11-16,18H,4,7-10,26H2,1-3H3. The van der Waals surface area contributed by atoms with Gasteiger partial charge in [0.25, 0.3) is 5.91 Å². The largest absolute Gasteiger partial charge is 0.370 e. The maximum absolute atomic E-state index is 14.2. The van der Waals surface area contributed by atoms with Crippen LogP contribution in [0.1, 0.15) is 44.0 Å². The molecular formula is C24H30FN5O. The van der Waals surface area contributed by atoms with Gasteiger partial charge in [-0.2, -0.15) is 0 Å². The fourth-order valence-electron chi connectivity index (χ4n) is 4.39. The van der Waals surface area contributed by atoms with Gasteiger partial charge in [0.1, 0.15) is 5.82 Å². The van der Waals surface area contributed by atoms with E-state index in [-0.39, 0.29) is 18.0 Å². The highest BCUT2D eigenvalue weighted by Crippen LogP contribution is 2.33. The number of piperidine rings is 1. The van der Waals surface area contributed by atoms with Gasteiger partial charge < -0.3 is 19.9 Å². The van der Waals surface area contributed by atoms with Gasteiger partial charge in [0.2, 0.25) is 0 Å². The third-order valence-corrected chi connectivity index (χ3v) is 6.14. The molecule has 4 rings (SSSR count). The van der Waals surface area contributed by atoms with E-state index in [0.29, 0.717) is 17.7 Å². The summed E-state index contributed by atoms with van der Waals surface area (Å²) in [5.41, 5.74) is 9.97. The van der Waals surface area contributed by atoms with E-state index >= 15 is 0 Å². The van der Waals surface area contributed by atoms with Crippen LogP contribution < -0.4 is 10.6 Å². The molecule has 1 aliphatic rings. The van der Waals surface area contributed by atoms with E-state index in [1.165, 1.54) is 12.1 Å². The maximum Gasteiger partial charge on any atom is 0.254 e. The number of fused-ring (bicyclic) bond motifs is 1. The lowest BCUT2D eigenvalue weighted by Crippen LogP contribution is -2.39. The minimum Gasteiger partial charge on any atom is -0.370 e. The van der Waals surface area contributed by atoms with Crippen LogP contribution in [0, 0.1) is 5.82 Å². The number of nitrogens with zero attached hydrogens (tertiary/aromatic N) is 4. The monoisotopic (exact) mass is 423 g/mol. The number of aromatic nitrogens is 2. The quantitative estimate of drug-likeness (QED) is 0.675. The topological polar surface area (TPSA) is 66.9 Å². The van der Waals surface area contributed by atoms with Gasteiger partial charge in [0.15, 0.2) is 0 Å². The molecule has 0 radical (unpaired) electrons. The fourth-order valence-corrected chi connectivity index (χ4v) is 4.39. The highest BCUT2D eigenvalue weighted by Gasteiger charge is 2.24. The molecule has 0 bridgehead atoms. The number of pyridine rings is 1. The summed E-state index contributed by atoms with van der Waals surface area (Å²) in [6, 6.07) is 6.82. The first-order valence-electron chi connectivity index (χ1n) is 11.0. The Hall–Kier alpha value is -2.93. The molecule has 2 N–H and O–H groups in total. The summed E-state index contributed by atoms with van der Waals surface area (Å²) in [5, 5.41) is 0. The van der Waals surface area contributed by atoms with Crippen LogP contribution in [0.15, 0.2) is 43.0 Å². The van der Waals surface area contributed by atoms with Gasteiger partial charge in [-0.05, 0) is 57.4 Å². The molecule has 0 atom stereocenters. The Morgan fingerprint density at radius 3 is 2.68 bits per heavy atom. The molecule has 164 valence electrons. The Kier molecular flexibility index (Phi) is 5.96. The number of hydrogen-bond donors (Lipinski definition) is 1. The second kappa shape index (κ2) is 8.67. The van der Waals surface area contributed by atoms with Gasteiger partial charge in [0, 0.05) is 43.5 Å². The lowest BCUT2D eigenvalue weighted by Gasteiger charge is -2.32. The Morgan fingerprint density at radius 2 is 2.00 bits per heavy atom. The zero-order chi connectivity index (χ0) is 22.1. The van der Waals surface area contributed by atoms with Crippen LogP contribution in [0.25, 0.3) is 16.6 Å². The number of imidazole rings is 1. The molecule has 0 saturated carbocycles. The van der Waals surface area contributed by atoms with E-state index in [9.17, 15) is 9.18 Å². The molecule has 7 heteroatoms. The summed E-state index contributed by atoms with van der Waals surface area (Å²) in [7, 11) is 0. The smallest absolute Gasteiger partial charge is 0.254 e. The number of rotatable bonds is 5. The first-order valence-corrected chi connectivity index (χ1v) is 11.0. The average Bonchev–Trinajstić information content (AvgIpc) is 3.22. The molecule has 1 fully saturated rings. The van der Waals surface area contributed by atoms with Crippen molar-refractivity contribution in [3.05, 3.63) is 54.4 Å². The number of hydrogen-bond acceptors (Lipinski definition) is 4. The lowest BCUT2D eigenvalue weighted by molar-refractivity contribution is 0.0717. The highest BCUT2D eigenvalue weighted by molar-refractivity contribution is 6.03. The Morgan fingerprint density at radius 1 is 1.26 bits per heavy atom. The predicted octanol–water partition coefficient (Wildman–Crippen LogP) is 3.94. The molecule has 1 saturated heterocycles. The second-order valence-electron chi connectivity index (χ2n) is 8.50. The van der Waals surface area contributed by atoms with Crippen LogP contribution in [0.3, 0.4) is 0 Å². The summed E-state index contributed by atoms with van der Waals surface area (Å²) in [5.74, 6) is -0.586. The van der Waals surface area contributed by atoms with Crippen LogP contribution in [-0.2, 0) is 0 Å². The number of nitrogens with two attached hydrogens (primary N) is 1. The van der Waals surface area contributed by atoms with Crippen molar-refractivity contribution in [1.82, 2.24) is 14.3 Å². The van der Waals surface area contributed by atoms with Crippen LogP contribution in [-0.4, -0.2) is 51.9 Å². The van der Waals surface area contributed by atoms with E-state index in [0.717, 1.165) is 42.7 Å². The van der Waals surface area contributed by atoms with Crippen molar-refractivity contribution >= 4 is 17.1 Å². The average molecular weight is 424 g/mol. The van der Waals surface area contributed by atoms with Gasteiger partial charge in [-0.1, -0.05) is 6.07 Å². The summed E-state index contributed by atoms with van der Waals surface area (Å²) >= 11 is 0. The zero-order valence-corrected chi connectivity index (χ0v) is 18.4. The Balaban J connectivity index is 1.85.